The topological polar surface area (TPSA) is 52.5 Å². The zero-order valence-electron chi connectivity index (χ0n) is 19.8. The molecule has 1 aromatic heterocycles. The van der Waals surface area contributed by atoms with Crippen LogP contribution < -0.4 is 4.90 Å². The van der Waals surface area contributed by atoms with Crippen LogP contribution >= 0.6 is 11.6 Å². The summed E-state index contributed by atoms with van der Waals surface area (Å²) >= 11 is 6.35. The van der Waals surface area contributed by atoms with Gasteiger partial charge in [-0.05, 0) is 37.5 Å². The van der Waals surface area contributed by atoms with E-state index in [1.807, 2.05) is 37.3 Å². The summed E-state index contributed by atoms with van der Waals surface area (Å²) in [6.07, 6.45) is 1.35. The number of hydrogen-bond donors (Lipinski definition) is 1. The van der Waals surface area contributed by atoms with Crippen LogP contribution in [0.15, 0.2) is 48.5 Å². The normalized spacial score (nSPS) is 15.5. The van der Waals surface area contributed by atoms with Crippen molar-refractivity contribution in [3.05, 3.63) is 87.6 Å². The highest BCUT2D eigenvalue weighted by Gasteiger charge is 2.25. The molecule has 0 spiro atoms. The Kier molecular flexibility index (Phi) is 8.14. The van der Waals surface area contributed by atoms with E-state index in [2.05, 4.69) is 21.7 Å². The van der Waals surface area contributed by atoms with E-state index in [4.69, 9.17) is 16.6 Å². The molecule has 1 aliphatic heterocycles. The lowest BCUT2D eigenvalue weighted by molar-refractivity contribution is 0.109. The van der Waals surface area contributed by atoms with Gasteiger partial charge < -0.3 is 10.0 Å². The summed E-state index contributed by atoms with van der Waals surface area (Å²) in [4.78, 5) is 14.0. The van der Waals surface area contributed by atoms with Crippen LogP contribution in [-0.2, 0) is 19.3 Å². The summed E-state index contributed by atoms with van der Waals surface area (Å²) in [5, 5.41) is 11.0. The first-order valence-electron chi connectivity index (χ1n) is 11.9. The number of β-amino-alcohol motifs (C(OH)–C–C–N with tert-alkyl or cyclic N) is 1. The number of piperazine rings is 1. The number of aryl methyl sites for hydroxylation is 2. The van der Waals surface area contributed by atoms with Gasteiger partial charge in [0.2, 0.25) is 0 Å². The number of nitrogens with zero attached hydrogens (tertiary/aromatic N) is 4. The van der Waals surface area contributed by atoms with E-state index >= 15 is 0 Å². The summed E-state index contributed by atoms with van der Waals surface area (Å²) in [6, 6.07) is 14.9. The largest absolute Gasteiger partial charge is 0.391 e. The molecule has 4 rings (SSSR count). The molecule has 1 saturated heterocycles. The summed E-state index contributed by atoms with van der Waals surface area (Å²) in [7, 11) is 0. The molecule has 5 nitrogen and oxygen atoms in total. The van der Waals surface area contributed by atoms with Crippen molar-refractivity contribution in [2.24, 2.45) is 0 Å². The first-order chi connectivity index (χ1) is 16.4. The van der Waals surface area contributed by atoms with E-state index in [1.54, 1.807) is 12.1 Å². The highest BCUT2D eigenvalue weighted by atomic mass is 35.5. The average Bonchev–Trinajstić information content (AvgIpc) is 2.83. The second-order valence-corrected chi connectivity index (χ2v) is 9.29. The standard InChI is InChI=1S/C27H32ClFN4O/c1-3-26-23(17-22-24(28)10-7-11-25(22)29)27(31-19(2)30-26)33-14-12-32(13-15-33)18-21(34)16-20-8-5-4-6-9-20/h4-11,21,34H,3,12-18H2,1-2H3/t21-/m1/s1. The molecule has 0 bridgehead atoms. The summed E-state index contributed by atoms with van der Waals surface area (Å²) in [5.41, 5.74) is 3.50. The molecule has 0 aliphatic carbocycles. The maximum absolute atomic E-state index is 14.6. The number of aliphatic hydroxyl groups excluding tert-OH is 1. The average molecular weight is 483 g/mol. The molecular weight excluding hydrogens is 451 g/mol. The lowest BCUT2D eigenvalue weighted by Gasteiger charge is -2.37. The van der Waals surface area contributed by atoms with Crippen molar-refractivity contribution in [3.8, 4) is 0 Å². The maximum atomic E-state index is 14.6. The second-order valence-electron chi connectivity index (χ2n) is 8.88. The summed E-state index contributed by atoms with van der Waals surface area (Å²) < 4.78 is 14.6. The van der Waals surface area contributed by atoms with Crippen LogP contribution in [0.25, 0.3) is 0 Å². The number of aromatic nitrogens is 2. The smallest absolute Gasteiger partial charge is 0.136 e. The second kappa shape index (κ2) is 11.3. The fourth-order valence-corrected chi connectivity index (χ4v) is 4.87. The third-order valence-electron chi connectivity index (χ3n) is 6.39. The quantitative estimate of drug-likeness (QED) is 0.514. The molecule has 0 saturated carbocycles. The zero-order valence-corrected chi connectivity index (χ0v) is 20.6. The number of aliphatic hydroxyl groups is 1. The highest BCUT2D eigenvalue weighted by Crippen LogP contribution is 2.29. The van der Waals surface area contributed by atoms with E-state index in [0.717, 1.165) is 61.1 Å². The molecule has 2 aromatic carbocycles. The minimum Gasteiger partial charge on any atom is -0.391 e. The SMILES string of the molecule is CCc1nc(C)nc(N2CCN(C[C@H](O)Cc3ccccc3)CC2)c1Cc1c(F)cccc1Cl. The van der Waals surface area contributed by atoms with E-state index in [9.17, 15) is 9.50 Å². The van der Waals surface area contributed by atoms with Crippen molar-refractivity contribution in [2.45, 2.75) is 39.2 Å². The van der Waals surface area contributed by atoms with Crippen LogP contribution in [0.5, 0.6) is 0 Å². The van der Waals surface area contributed by atoms with Crippen LogP contribution in [0, 0.1) is 12.7 Å². The first-order valence-corrected chi connectivity index (χ1v) is 12.3. The Hall–Kier alpha value is -2.54. The van der Waals surface area contributed by atoms with Gasteiger partial charge in [0.1, 0.15) is 17.5 Å². The van der Waals surface area contributed by atoms with E-state index in [1.165, 1.54) is 6.07 Å². The molecule has 1 aliphatic rings. The van der Waals surface area contributed by atoms with Crippen LogP contribution in [0.1, 0.15) is 35.1 Å². The van der Waals surface area contributed by atoms with Gasteiger partial charge in [0.15, 0.2) is 0 Å². The monoisotopic (exact) mass is 482 g/mol. The zero-order chi connectivity index (χ0) is 24.1. The van der Waals surface area contributed by atoms with E-state index in [0.29, 0.717) is 30.0 Å². The third-order valence-corrected chi connectivity index (χ3v) is 6.74. The van der Waals surface area contributed by atoms with Gasteiger partial charge in [-0.1, -0.05) is 54.9 Å². The van der Waals surface area contributed by atoms with Crippen molar-refractivity contribution in [2.75, 3.05) is 37.6 Å². The van der Waals surface area contributed by atoms with Crippen molar-refractivity contribution < 1.29 is 9.50 Å². The molecule has 1 atom stereocenters. The number of hydrogen-bond acceptors (Lipinski definition) is 5. The predicted octanol–water partition coefficient (Wildman–Crippen LogP) is 4.46. The summed E-state index contributed by atoms with van der Waals surface area (Å²) in [5.74, 6) is 1.28. The van der Waals surface area contributed by atoms with Gasteiger partial charge in [-0.15, -0.1) is 0 Å². The van der Waals surface area contributed by atoms with Gasteiger partial charge in [-0.3, -0.25) is 4.90 Å². The molecule has 180 valence electrons. The van der Waals surface area contributed by atoms with Gasteiger partial charge in [0, 0.05) is 61.0 Å². The molecule has 3 aromatic rings. The van der Waals surface area contributed by atoms with Crippen molar-refractivity contribution in [1.29, 1.82) is 0 Å². The molecule has 1 fully saturated rings. The number of anilines is 1. The first kappa shape index (κ1) is 24.6. The highest BCUT2D eigenvalue weighted by molar-refractivity contribution is 6.31. The van der Waals surface area contributed by atoms with Crippen LogP contribution in [0.3, 0.4) is 0 Å². The van der Waals surface area contributed by atoms with Crippen molar-refractivity contribution in [1.82, 2.24) is 14.9 Å². The molecular formula is C27H32ClFN4O. The van der Waals surface area contributed by atoms with Gasteiger partial charge in [-0.2, -0.15) is 0 Å². The van der Waals surface area contributed by atoms with Crippen LogP contribution in [0.4, 0.5) is 10.2 Å². The molecule has 0 radical (unpaired) electrons. The molecule has 34 heavy (non-hydrogen) atoms. The maximum Gasteiger partial charge on any atom is 0.136 e. The van der Waals surface area contributed by atoms with Gasteiger partial charge in [0.25, 0.3) is 0 Å². The lowest BCUT2D eigenvalue weighted by Crippen LogP contribution is -2.49. The Morgan fingerprint density at radius 1 is 1.00 bits per heavy atom. The molecule has 7 heteroatoms. The lowest BCUT2D eigenvalue weighted by atomic mass is 10.0. The predicted molar refractivity (Wildman–Crippen MR) is 135 cm³/mol. The summed E-state index contributed by atoms with van der Waals surface area (Å²) in [6.45, 7) is 7.84. The number of rotatable bonds is 8. The van der Waals surface area contributed by atoms with Gasteiger partial charge in [-0.25, -0.2) is 14.4 Å². The fourth-order valence-electron chi connectivity index (χ4n) is 4.64. The molecule has 1 N–H and O–H groups in total. The Morgan fingerprint density at radius 2 is 1.74 bits per heavy atom. The molecule has 2 heterocycles. The van der Waals surface area contributed by atoms with Crippen molar-refractivity contribution in [3.63, 3.8) is 0 Å². The minimum atomic E-state index is -0.402. The Labute approximate surface area is 206 Å². The fraction of sp³-hybridized carbons (Fsp3) is 0.407. The minimum absolute atomic E-state index is 0.307. The Bertz CT molecular complexity index is 1080. The van der Waals surface area contributed by atoms with Crippen LogP contribution in [-0.4, -0.2) is 58.8 Å². The van der Waals surface area contributed by atoms with E-state index < -0.39 is 6.10 Å². The third kappa shape index (κ3) is 5.93. The van der Waals surface area contributed by atoms with Gasteiger partial charge >= 0.3 is 0 Å². The van der Waals surface area contributed by atoms with Gasteiger partial charge in [0.05, 0.1) is 6.10 Å². The number of benzene rings is 2. The van der Waals surface area contributed by atoms with Crippen LogP contribution in [0.2, 0.25) is 5.02 Å². The van der Waals surface area contributed by atoms with Crippen molar-refractivity contribution >= 4 is 17.4 Å². The Morgan fingerprint density at radius 3 is 2.41 bits per heavy atom. The Balaban J connectivity index is 1.47. The molecule has 0 amide bonds. The van der Waals surface area contributed by atoms with E-state index in [-0.39, 0.29) is 5.82 Å². The molecule has 0 unspecified atom stereocenters. The number of halogens is 2.